The van der Waals surface area contributed by atoms with E-state index < -0.39 is 11.9 Å². The van der Waals surface area contributed by atoms with Crippen molar-refractivity contribution in [2.75, 3.05) is 13.2 Å². The molecule has 0 amide bonds. The second kappa shape index (κ2) is 10.7. The van der Waals surface area contributed by atoms with E-state index in [0.29, 0.717) is 26.2 Å². The Bertz CT molecular complexity index is 701. The standard InChI is InChI=1S/C23H30O6/c1-2-27-21(25)13-15-23-14-12-19(24)22(29-23)20(28-23)11-7-4-8-16-26-17-18-9-5-3-6-10-18/h3,5-6,9-10,12,14,20,22H,2,4,7-8,11,13,15-17H2,1H3/t20-,22+,23?/m1/s1. The van der Waals surface area contributed by atoms with Gasteiger partial charge in [-0.1, -0.05) is 43.2 Å². The van der Waals surface area contributed by atoms with Crippen LogP contribution in [-0.2, 0) is 35.1 Å². The highest BCUT2D eigenvalue weighted by molar-refractivity contribution is 5.95. The number of unbranched alkanes of at least 4 members (excludes halogenated alkanes) is 2. The average molecular weight is 402 g/mol. The van der Waals surface area contributed by atoms with Gasteiger partial charge in [0.15, 0.2) is 11.6 Å². The minimum Gasteiger partial charge on any atom is -0.466 e. The van der Waals surface area contributed by atoms with Crippen LogP contribution < -0.4 is 0 Å². The molecule has 3 atom stereocenters. The quantitative estimate of drug-likeness (QED) is 0.392. The zero-order chi connectivity index (χ0) is 20.5. The van der Waals surface area contributed by atoms with Crippen molar-refractivity contribution in [2.45, 2.75) is 70.1 Å². The molecule has 0 N–H and O–H groups in total. The number of hydrogen-bond donors (Lipinski definition) is 0. The first-order valence-electron chi connectivity index (χ1n) is 10.5. The molecule has 1 aromatic carbocycles. The van der Waals surface area contributed by atoms with E-state index in [1.165, 1.54) is 11.6 Å². The van der Waals surface area contributed by atoms with Crippen molar-refractivity contribution >= 4 is 11.8 Å². The van der Waals surface area contributed by atoms with Gasteiger partial charge in [-0.15, -0.1) is 0 Å². The lowest BCUT2D eigenvalue weighted by Gasteiger charge is -2.26. The molecule has 6 heteroatoms. The SMILES string of the molecule is CCOC(=O)CCC12C=CC(=O)[C@H](O1)[C@@H](CCCCCOCc1ccccc1)O2. The van der Waals surface area contributed by atoms with Crippen LogP contribution in [0.15, 0.2) is 42.5 Å². The Morgan fingerprint density at radius 3 is 2.76 bits per heavy atom. The van der Waals surface area contributed by atoms with Crippen molar-refractivity contribution in [2.24, 2.45) is 0 Å². The highest BCUT2D eigenvalue weighted by Gasteiger charge is 2.50. The highest BCUT2D eigenvalue weighted by atomic mass is 16.8. The molecular weight excluding hydrogens is 372 g/mol. The van der Waals surface area contributed by atoms with Crippen LogP contribution in [0.4, 0.5) is 0 Å². The number of carbonyl (C=O) groups is 2. The van der Waals surface area contributed by atoms with Gasteiger partial charge < -0.3 is 18.9 Å². The van der Waals surface area contributed by atoms with Crippen LogP contribution in [0, 0.1) is 0 Å². The van der Waals surface area contributed by atoms with Gasteiger partial charge in [0.05, 0.1) is 25.7 Å². The maximum absolute atomic E-state index is 12.2. The summed E-state index contributed by atoms with van der Waals surface area (Å²) in [6.45, 7) is 3.47. The van der Waals surface area contributed by atoms with Crippen molar-refractivity contribution in [3.8, 4) is 0 Å². The summed E-state index contributed by atoms with van der Waals surface area (Å²) in [5.74, 6) is -1.32. The second-order valence-electron chi connectivity index (χ2n) is 7.43. The molecule has 6 nitrogen and oxygen atoms in total. The van der Waals surface area contributed by atoms with Gasteiger partial charge in [-0.3, -0.25) is 9.59 Å². The first kappa shape index (κ1) is 21.7. The van der Waals surface area contributed by atoms with Crippen molar-refractivity contribution in [1.82, 2.24) is 0 Å². The maximum atomic E-state index is 12.2. The maximum Gasteiger partial charge on any atom is 0.305 e. The van der Waals surface area contributed by atoms with E-state index >= 15 is 0 Å². The van der Waals surface area contributed by atoms with Crippen LogP contribution in [0.2, 0.25) is 0 Å². The van der Waals surface area contributed by atoms with E-state index in [0.717, 1.165) is 25.7 Å². The first-order valence-corrected chi connectivity index (χ1v) is 10.5. The Morgan fingerprint density at radius 2 is 1.97 bits per heavy atom. The number of ketones is 1. The van der Waals surface area contributed by atoms with Crippen LogP contribution in [0.1, 0.15) is 51.0 Å². The summed E-state index contributed by atoms with van der Waals surface area (Å²) < 4.78 is 22.7. The lowest BCUT2D eigenvalue weighted by molar-refractivity contribution is -0.163. The molecule has 1 aromatic rings. The van der Waals surface area contributed by atoms with Gasteiger partial charge in [0.2, 0.25) is 0 Å². The van der Waals surface area contributed by atoms with E-state index in [1.54, 1.807) is 13.0 Å². The molecule has 0 aliphatic carbocycles. The molecule has 2 aliphatic heterocycles. The fraction of sp³-hybridized carbons (Fsp3) is 0.565. The summed E-state index contributed by atoms with van der Waals surface area (Å²) in [4.78, 5) is 23.8. The fourth-order valence-corrected chi connectivity index (χ4v) is 3.67. The van der Waals surface area contributed by atoms with E-state index in [2.05, 4.69) is 12.1 Å². The van der Waals surface area contributed by atoms with Crippen LogP contribution in [0.3, 0.4) is 0 Å². The third kappa shape index (κ3) is 6.23. The molecule has 0 radical (unpaired) electrons. The Morgan fingerprint density at radius 1 is 1.14 bits per heavy atom. The molecule has 0 saturated carbocycles. The van der Waals surface area contributed by atoms with E-state index in [4.69, 9.17) is 18.9 Å². The summed E-state index contributed by atoms with van der Waals surface area (Å²) in [5.41, 5.74) is 1.18. The summed E-state index contributed by atoms with van der Waals surface area (Å²) >= 11 is 0. The van der Waals surface area contributed by atoms with Crippen LogP contribution in [0.5, 0.6) is 0 Å². The number of hydrogen-bond acceptors (Lipinski definition) is 6. The summed E-state index contributed by atoms with van der Waals surface area (Å²) in [6.07, 6.45) is 6.52. The monoisotopic (exact) mass is 402 g/mol. The molecule has 1 fully saturated rings. The highest BCUT2D eigenvalue weighted by Crippen LogP contribution is 2.39. The van der Waals surface area contributed by atoms with Gasteiger partial charge in [0.1, 0.15) is 6.10 Å². The summed E-state index contributed by atoms with van der Waals surface area (Å²) in [7, 11) is 0. The molecule has 1 unspecified atom stereocenters. The second-order valence-corrected chi connectivity index (χ2v) is 7.43. The van der Waals surface area contributed by atoms with E-state index in [-0.39, 0.29) is 24.3 Å². The van der Waals surface area contributed by atoms with Gasteiger partial charge in [-0.05, 0) is 37.5 Å². The Labute approximate surface area is 172 Å². The third-order valence-electron chi connectivity index (χ3n) is 5.17. The normalized spacial score (nSPS) is 25.3. The molecule has 2 bridgehead atoms. The molecule has 1 saturated heterocycles. The lowest BCUT2D eigenvalue weighted by Crippen LogP contribution is -2.35. The molecule has 29 heavy (non-hydrogen) atoms. The summed E-state index contributed by atoms with van der Waals surface area (Å²) in [6, 6.07) is 10.1. The number of carbonyl (C=O) groups excluding carboxylic acids is 2. The van der Waals surface area contributed by atoms with Crippen LogP contribution in [0.25, 0.3) is 0 Å². The Kier molecular flexibility index (Phi) is 7.98. The van der Waals surface area contributed by atoms with Gasteiger partial charge in [-0.2, -0.15) is 0 Å². The Hall–Kier alpha value is -2.02. The molecule has 0 spiro atoms. The largest absolute Gasteiger partial charge is 0.466 e. The first-order chi connectivity index (χ1) is 14.1. The topological polar surface area (TPSA) is 71.1 Å². The molecule has 158 valence electrons. The van der Waals surface area contributed by atoms with Crippen molar-refractivity contribution < 1.29 is 28.5 Å². The van der Waals surface area contributed by atoms with Gasteiger partial charge in [-0.25, -0.2) is 0 Å². The smallest absolute Gasteiger partial charge is 0.305 e. The van der Waals surface area contributed by atoms with Gasteiger partial charge >= 0.3 is 5.97 Å². The molecule has 0 aromatic heterocycles. The molecular formula is C23H30O6. The molecule has 3 rings (SSSR count). The van der Waals surface area contributed by atoms with E-state index in [9.17, 15) is 9.59 Å². The van der Waals surface area contributed by atoms with Crippen molar-refractivity contribution in [3.05, 3.63) is 48.0 Å². The number of esters is 1. The number of ether oxygens (including phenoxy) is 4. The molecule has 2 aliphatic rings. The predicted octanol–water partition coefficient (Wildman–Crippen LogP) is 3.73. The van der Waals surface area contributed by atoms with Crippen LogP contribution >= 0.6 is 0 Å². The van der Waals surface area contributed by atoms with Crippen molar-refractivity contribution in [1.29, 1.82) is 0 Å². The van der Waals surface area contributed by atoms with Crippen LogP contribution in [-0.4, -0.2) is 43.0 Å². The fourth-order valence-electron chi connectivity index (χ4n) is 3.67. The third-order valence-corrected chi connectivity index (χ3v) is 5.17. The zero-order valence-electron chi connectivity index (χ0n) is 17.0. The number of fused-ring (bicyclic) bond motifs is 2. The van der Waals surface area contributed by atoms with Gasteiger partial charge in [0, 0.05) is 13.0 Å². The summed E-state index contributed by atoms with van der Waals surface area (Å²) in [5, 5.41) is 0. The average Bonchev–Trinajstić information content (AvgIpc) is 3.04. The predicted molar refractivity (Wildman–Crippen MR) is 107 cm³/mol. The minimum atomic E-state index is -0.977. The molecule has 2 heterocycles. The van der Waals surface area contributed by atoms with Gasteiger partial charge in [0.25, 0.3) is 0 Å². The lowest BCUT2D eigenvalue weighted by atomic mass is 10.0. The van der Waals surface area contributed by atoms with Crippen molar-refractivity contribution in [3.63, 3.8) is 0 Å². The Balaban J connectivity index is 1.35. The number of benzene rings is 1. The number of rotatable bonds is 12. The minimum absolute atomic E-state index is 0.0644. The zero-order valence-corrected chi connectivity index (χ0v) is 17.0. The van der Waals surface area contributed by atoms with E-state index in [1.807, 2.05) is 18.2 Å².